The van der Waals surface area contributed by atoms with Crippen molar-refractivity contribution >= 4 is 5.91 Å². The minimum Gasteiger partial charge on any atom is -0.370 e. The SMILES string of the molecule is Cn1cnnc1C1CCCN(C(=O)COCCN)C1. The first-order valence-electron chi connectivity index (χ1n) is 6.62. The molecule has 7 nitrogen and oxygen atoms in total. The molecule has 1 fully saturated rings. The molecule has 19 heavy (non-hydrogen) atoms. The van der Waals surface area contributed by atoms with Crippen LogP contribution in [0.5, 0.6) is 0 Å². The first-order chi connectivity index (χ1) is 9.22. The number of hydrogen-bond acceptors (Lipinski definition) is 5. The van der Waals surface area contributed by atoms with Crippen LogP contribution in [-0.2, 0) is 16.6 Å². The molecule has 0 radical (unpaired) electrons. The smallest absolute Gasteiger partial charge is 0.248 e. The number of carbonyl (C=O) groups excluding carboxylic acids is 1. The van der Waals surface area contributed by atoms with Crippen molar-refractivity contribution in [1.82, 2.24) is 19.7 Å². The molecule has 1 saturated heterocycles. The lowest BCUT2D eigenvalue weighted by atomic mass is 9.97. The molecule has 2 N–H and O–H groups in total. The molecule has 1 aromatic rings. The van der Waals surface area contributed by atoms with E-state index >= 15 is 0 Å². The molecule has 0 spiro atoms. The minimum absolute atomic E-state index is 0.0281. The summed E-state index contributed by atoms with van der Waals surface area (Å²) in [6, 6.07) is 0. The first kappa shape index (κ1) is 14.0. The van der Waals surface area contributed by atoms with Gasteiger partial charge in [0.25, 0.3) is 0 Å². The van der Waals surface area contributed by atoms with Crippen molar-refractivity contribution in [2.24, 2.45) is 12.8 Å². The van der Waals surface area contributed by atoms with Crippen molar-refractivity contribution in [2.45, 2.75) is 18.8 Å². The van der Waals surface area contributed by atoms with E-state index in [1.165, 1.54) is 0 Å². The van der Waals surface area contributed by atoms with Crippen molar-refractivity contribution in [3.8, 4) is 0 Å². The topological polar surface area (TPSA) is 86.3 Å². The Bertz CT molecular complexity index is 420. The summed E-state index contributed by atoms with van der Waals surface area (Å²) in [7, 11) is 1.93. The van der Waals surface area contributed by atoms with Gasteiger partial charge in [-0.2, -0.15) is 0 Å². The minimum atomic E-state index is 0.0281. The molecular weight excluding hydrogens is 246 g/mol. The van der Waals surface area contributed by atoms with Crippen molar-refractivity contribution < 1.29 is 9.53 Å². The second kappa shape index (κ2) is 6.63. The summed E-state index contributed by atoms with van der Waals surface area (Å²) in [6.45, 7) is 2.46. The normalized spacial score (nSPS) is 19.7. The van der Waals surface area contributed by atoms with Gasteiger partial charge in [0.15, 0.2) is 0 Å². The number of hydrogen-bond donors (Lipinski definition) is 1. The van der Waals surface area contributed by atoms with Crippen LogP contribution in [-0.4, -0.2) is 58.4 Å². The van der Waals surface area contributed by atoms with Crippen molar-refractivity contribution in [1.29, 1.82) is 0 Å². The average Bonchev–Trinajstić information content (AvgIpc) is 2.85. The summed E-state index contributed by atoms with van der Waals surface area (Å²) in [5, 5.41) is 8.03. The lowest BCUT2D eigenvalue weighted by molar-refractivity contribution is -0.137. The van der Waals surface area contributed by atoms with E-state index in [1.807, 2.05) is 16.5 Å². The van der Waals surface area contributed by atoms with Crippen molar-refractivity contribution in [3.05, 3.63) is 12.2 Å². The number of carbonyl (C=O) groups is 1. The molecular formula is C12H21N5O2. The Morgan fingerprint density at radius 3 is 3.16 bits per heavy atom. The number of nitrogens with zero attached hydrogens (tertiary/aromatic N) is 4. The zero-order chi connectivity index (χ0) is 13.7. The van der Waals surface area contributed by atoms with Crippen LogP contribution in [0.4, 0.5) is 0 Å². The van der Waals surface area contributed by atoms with Crippen LogP contribution in [0, 0.1) is 0 Å². The van der Waals surface area contributed by atoms with E-state index in [0.717, 1.165) is 25.2 Å². The molecule has 2 rings (SSSR count). The monoisotopic (exact) mass is 267 g/mol. The number of ether oxygens (including phenoxy) is 1. The van der Waals surface area contributed by atoms with Crippen LogP contribution in [0.1, 0.15) is 24.6 Å². The maximum Gasteiger partial charge on any atom is 0.248 e. The van der Waals surface area contributed by atoms with Crippen LogP contribution >= 0.6 is 0 Å². The van der Waals surface area contributed by atoms with Crippen LogP contribution < -0.4 is 5.73 Å². The Labute approximate surface area is 112 Å². The van der Waals surface area contributed by atoms with E-state index in [0.29, 0.717) is 19.7 Å². The molecule has 0 saturated carbocycles. The fourth-order valence-corrected chi connectivity index (χ4v) is 2.41. The molecule has 1 aliphatic heterocycles. The Morgan fingerprint density at radius 2 is 2.47 bits per heavy atom. The van der Waals surface area contributed by atoms with Gasteiger partial charge in [-0.05, 0) is 12.8 Å². The highest BCUT2D eigenvalue weighted by molar-refractivity contribution is 5.77. The van der Waals surface area contributed by atoms with E-state index in [-0.39, 0.29) is 18.4 Å². The van der Waals surface area contributed by atoms with Crippen LogP contribution in [0.3, 0.4) is 0 Å². The summed E-state index contributed by atoms with van der Waals surface area (Å²) in [4.78, 5) is 13.8. The third kappa shape index (κ3) is 3.51. The standard InChI is InChI=1S/C12H21N5O2/c1-16-9-14-15-12(16)10-3-2-5-17(7-10)11(18)8-19-6-4-13/h9-10H,2-8,13H2,1H3. The van der Waals surface area contributed by atoms with Gasteiger partial charge in [-0.15, -0.1) is 10.2 Å². The Morgan fingerprint density at radius 1 is 1.63 bits per heavy atom. The highest BCUT2D eigenvalue weighted by Gasteiger charge is 2.27. The molecule has 1 atom stereocenters. The highest BCUT2D eigenvalue weighted by Crippen LogP contribution is 2.24. The van der Waals surface area contributed by atoms with Gasteiger partial charge in [-0.3, -0.25) is 4.79 Å². The zero-order valence-electron chi connectivity index (χ0n) is 11.3. The van der Waals surface area contributed by atoms with Crippen LogP contribution in [0.25, 0.3) is 0 Å². The Hall–Kier alpha value is -1.47. The maximum absolute atomic E-state index is 12.0. The van der Waals surface area contributed by atoms with Crippen LogP contribution in [0.2, 0.25) is 0 Å². The molecule has 1 aliphatic rings. The highest BCUT2D eigenvalue weighted by atomic mass is 16.5. The number of piperidine rings is 1. The molecule has 7 heteroatoms. The van der Waals surface area contributed by atoms with Gasteiger partial charge in [0.2, 0.25) is 5.91 Å². The summed E-state index contributed by atoms with van der Waals surface area (Å²) >= 11 is 0. The molecule has 0 bridgehead atoms. The second-order valence-electron chi connectivity index (χ2n) is 4.82. The molecule has 1 aromatic heterocycles. The number of rotatable bonds is 5. The lowest BCUT2D eigenvalue weighted by Crippen LogP contribution is -2.41. The fourth-order valence-electron chi connectivity index (χ4n) is 2.41. The van der Waals surface area contributed by atoms with E-state index < -0.39 is 0 Å². The molecule has 0 aromatic carbocycles. The molecule has 1 amide bonds. The van der Waals surface area contributed by atoms with Gasteiger partial charge < -0.3 is 19.9 Å². The van der Waals surface area contributed by atoms with Gasteiger partial charge in [0, 0.05) is 32.6 Å². The van der Waals surface area contributed by atoms with E-state index in [1.54, 1.807) is 6.33 Å². The van der Waals surface area contributed by atoms with Gasteiger partial charge in [0.05, 0.1) is 6.61 Å². The van der Waals surface area contributed by atoms with Gasteiger partial charge in [-0.1, -0.05) is 0 Å². The van der Waals surface area contributed by atoms with Gasteiger partial charge in [-0.25, -0.2) is 0 Å². The predicted molar refractivity (Wildman–Crippen MR) is 69.4 cm³/mol. The number of likely N-dealkylation sites (tertiary alicyclic amines) is 1. The Kier molecular flexibility index (Phi) is 4.86. The van der Waals surface area contributed by atoms with Crippen molar-refractivity contribution in [2.75, 3.05) is 32.8 Å². The Balaban J connectivity index is 1.90. The predicted octanol–water partition coefficient (Wildman–Crippen LogP) is -0.504. The largest absolute Gasteiger partial charge is 0.370 e. The molecule has 0 aliphatic carbocycles. The quantitative estimate of drug-likeness (QED) is 0.727. The van der Waals surface area contributed by atoms with E-state index in [2.05, 4.69) is 10.2 Å². The number of aromatic nitrogens is 3. The second-order valence-corrected chi connectivity index (χ2v) is 4.82. The van der Waals surface area contributed by atoms with E-state index in [4.69, 9.17) is 10.5 Å². The molecule has 2 heterocycles. The molecule has 106 valence electrons. The number of amides is 1. The summed E-state index contributed by atoms with van der Waals surface area (Å²) < 4.78 is 7.12. The average molecular weight is 267 g/mol. The lowest BCUT2D eigenvalue weighted by Gasteiger charge is -2.32. The fraction of sp³-hybridized carbons (Fsp3) is 0.750. The van der Waals surface area contributed by atoms with Crippen LogP contribution in [0.15, 0.2) is 6.33 Å². The summed E-state index contributed by atoms with van der Waals surface area (Å²) in [5.41, 5.74) is 5.33. The molecule has 1 unspecified atom stereocenters. The number of aryl methyl sites for hydroxylation is 1. The first-order valence-corrected chi connectivity index (χ1v) is 6.62. The summed E-state index contributed by atoms with van der Waals surface area (Å²) in [5.74, 6) is 1.24. The maximum atomic E-state index is 12.0. The summed E-state index contributed by atoms with van der Waals surface area (Å²) in [6.07, 6.45) is 3.72. The van der Waals surface area contributed by atoms with Gasteiger partial charge in [0.1, 0.15) is 18.8 Å². The third-order valence-electron chi connectivity index (χ3n) is 3.37. The van der Waals surface area contributed by atoms with E-state index in [9.17, 15) is 4.79 Å². The van der Waals surface area contributed by atoms with Crippen molar-refractivity contribution in [3.63, 3.8) is 0 Å². The van der Waals surface area contributed by atoms with Gasteiger partial charge >= 0.3 is 0 Å². The number of nitrogens with two attached hydrogens (primary N) is 1. The third-order valence-corrected chi connectivity index (χ3v) is 3.37. The zero-order valence-corrected chi connectivity index (χ0v) is 11.3.